The SMILES string of the molecule is CCc1cc2c(Br)ccc(F)c2nc1NN. The molecule has 16 heavy (non-hydrogen) atoms. The van der Waals surface area contributed by atoms with E-state index in [1.807, 2.05) is 13.0 Å². The predicted octanol–water partition coefficient (Wildman–Crippen LogP) is 2.98. The third-order valence-electron chi connectivity index (χ3n) is 2.48. The Bertz CT molecular complexity index is 494. The maximum atomic E-state index is 13.6. The molecule has 0 spiro atoms. The van der Waals surface area contributed by atoms with E-state index in [9.17, 15) is 4.39 Å². The van der Waals surface area contributed by atoms with Crippen LogP contribution in [0.3, 0.4) is 0 Å². The number of pyridine rings is 1. The van der Waals surface area contributed by atoms with Crippen molar-refractivity contribution in [1.82, 2.24) is 4.98 Å². The van der Waals surface area contributed by atoms with Crippen LogP contribution in [0.25, 0.3) is 10.9 Å². The van der Waals surface area contributed by atoms with Gasteiger partial charge < -0.3 is 5.43 Å². The average Bonchev–Trinajstić information content (AvgIpc) is 2.32. The van der Waals surface area contributed by atoms with Gasteiger partial charge in [-0.05, 0) is 30.2 Å². The van der Waals surface area contributed by atoms with Crippen LogP contribution in [-0.4, -0.2) is 4.98 Å². The van der Waals surface area contributed by atoms with E-state index >= 15 is 0 Å². The molecule has 1 heterocycles. The molecule has 0 radical (unpaired) electrons. The lowest BCUT2D eigenvalue weighted by atomic mass is 10.1. The molecule has 5 heteroatoms. The molecule has 1 aromatic carbocycles. The zero-order valence-corrected chi connectivity index (χ0v) is 10.3. The third kappa shape index (κ3) is 1.76. The second-order valence-electron chi connectivity index (χ2n) is 3.42. The maximum Gasteiger partial charge on any atom is 0.149 e. The molecule has 0 saturated carbocycles. The number of halogens is 2. The van der Waals surface area contributed by atoms with Crippen molar-refractivity contribution in [2.24, 2.45) is 5.84 Å². The van der Waals surface area contributed by atoms with Gasteiger partial charge in [0.1, 0.15) is 17.2 Å². The van der Waals surface area contributed by atoms with Crippen molar-refractivity contribution in [1.29, 1.82) is 0 Å². The van der Waals surface area contributed by atoms with E-state index in [4.69, 9.17) is 5.84 Å². The van der Waals surface area contributed by atoms with Crippen molar-refractivity contribution in [2.45, 2.75) is 13.3 Å². The number of nitrogens with zero attached hydrogens (tertiary/aromatic N) is 1. The fraction of sp³-hybridized carbons (Fsp3) is 0.182. The van der Waals surface area contributed by atoms with E-state index in [1.54, 1.807) is 6.07 Å². The molecule has 0 aliphatic rings. The number of nitrogens with two attached hydrogens (primary N) is 1. The van der Waals surface area contributed by atoms with Crippen LogP contribution in [0.5, 0.6) is 0 Å². The summed E-state index contributed by atoms with van der Waals surface area (Å²) in [5.74, 6) is 5.53. The largest absolute Gasteiger partial charge is 0.308 e. The summed E-state index contributed by atoms with van der Waals surface area (Å²) in [6, 6.07) is 4.95. The van der Waals surface area contributed by atoms with Gasteiger partial charge in [-0.3, -0.25) is 0 Å². The maximum absolute atomic E-state index is 13.6. The van der Waals surface area contributed by atoms with E-state index in [1.165, 1.54) is 6.07 Å². The molecule has 0 atom stereocenters. The number of hydrogen-bond acceptors (Lipinski definition) is 3. The summed E-state index contributed by atoms with van der Waals surface area (Å²) in [6.07, 6.45) is 0.783. The van der Waals surface area contributed by atoms with Crippen LogP contribution in [0.15, 0.2) is 22.7 Å². The minimum absolute atomic E-state index is 0.319. The highest BCUT2D eigenvalue weighted by Gasteiger charge is 2.10. The first-order valence-electron chi connectivity index (χ1n) is 4.91. The molecule has 3 nitrogen and oxygen atoms in total. The van der Waals surface area contributed by atoms with Gasteiger partial charge in [0.15, 0.2) is 0 Å². The number of hydrazine groups is 1. The van der Waals surface area contributed by atoms with Crippen molar-refractivity contribution in [2.75, 3.05) is 5.43 Å². The summed E-state index contributed by atoms with van der Waals surface area (Å²) < 4.78 is 14.4. The molecule has 0 fully saturated rings. The Morgan fingerprint density at radius 1 is 1.50 bits per heavy atom. The molecule has 0 unspecified atom stereocenters. The Morgan fingerprint density at radius 3 is 2.88 bits per heavy atom. The first kappa shape index (κ1) is 11.3. The number of rotatable bonds is 2. The lowest BCUT2D eigenvalue weighted by Gasteiger charge is -2.09. The Balaban J connectivity index is 2.82. The van der Waals surface area contributed by atoms with Gasteiger partial charge in [-0.1, -0.05) is 22.9 Å². The van der Waals surface area contributed by atoms with Gasteiger partial charge in [-0.15, -0.1) is 0 Å². The molecule has 84 valence electrons. The topological polar surface area (TPSA) is 50.9 Å². The summed E-state index contributed by atoms with van der Waals surface area (Å²) in [4.78, 5) is 4.18. The van der Waals surface area contributed by atoms with E-state index in [0.717, 1.165) is 21.8 Å². The van der Waals surface area contributed by atoms with Gasteiger partial charge in [-0.2, -0.15) is 0 Å². The molecule has 0 bridgehead atoms. The van der Waals surface area contributed by atoms with Crippen LogP contribution in [0, 0.1) is 5.82 Å². The molecule has 0 amide bonds. The number of hydrogen-bond donors (Lipinski definition) is 2. The molecule has 1 aromatic heterocycles. The molecular formula is C11H11BrFN3. The standard InChI is InChI=1S/C11H11BrFN3/c1-2-6-5-7-8(12)3-4-9(13)10(7)15-11(6)16-14/h3-5H,2,14H2,1H3,(H,15,16). The van der Waals surface area contributed by atoms with Gasteiger partial charge in [-0.25, -0.2) is 15.2 Å². The molecule has 3 N–H and O–H groups in total. The molecule has 0 aliphatic carbocycles. The number of nitrogens with one attached hydrogen (secondary N) is 1. The first-order valence-corrected chi connectivity index (χ1v) is 5.71. The fourth-order valence-corrected chi connectivity index (χ4v) is 2.06. The number of aryl methyl sites for hydroxylation is 1. The number of nitrogen functional groups attached to an aromatic ring is 1. The van der Waals surface area contributed by atoms with Crippen LogP contribution >= 0.6 is 15.9 Å². The van der Waals surface area contributed by atoms with Gasteiger partial charge in [0.05, 0.1) is 0 Å². The summed E-state index contributed by atoms with van der Waals surface area (Å²) >= 11 is 3.38. The Hall–Kier alpha value is -1.20. The van der Waals surface area contributed by atoms with Crippen molar-refractivity contribution >= 4 is 32.7 Å². The van der Waals surface area contributed by atoms with Crippen molar-refractivity contribution in [3.63, 3.8) is 0 Å². The zero-order valence-electron chi connectivity index (χ0n) is 8.72. The molecular weight excluding hydrogens is 273 g/mol. The van der Waals surface area contributed by atoms with Gasteiger partial charge in [0.2, 0.25) is 0 Å². The van der Waals surface area contributed by atoms with Crippen LogP contribution in [0.2, 0.25) is 0 Å². The van der Waals surface area contributed by atoms with Crippen LogP contribution in [0.1, 0.15) is 12.5 Å². The highest BCUT2D eigenvalue weighted by Crippen LogP contribution is 2.28. The Kier molecular flexibility index (Phi) is 3.07. The van der Waals surface area contributed by atoms with Gasteiger partial charge in [0.25, 0.3) is 0 Å². The summed E-state index contributed by atoms with van der Waals surface area (Å²) in [5, 5.41) is 0.760. The van der Waals surface area contributed by atoms with Crippen LogP contribution in [0.4, 0.5) is 10.2 Å². The number of fused-ring (bicyclic) bond motifs is 1. The molecule has 0 aliphatic heterocycles. The van der Waals surface area contributed by atoms with E-state index < -0.39 is 0 Å². The zero-order chi connectivity index (χ0) is 11.7. The lowest BCUT2D eigenvalue weighted by molar-refractivity contribution is 0.636. The number of benzene rings is 1. The predicted molar refractivity (Wildman–Crippen MR) is 66.6 cm³/mol. The Morgan fingerprint density at radius 2 is 2.25 bits per heavy atom. The summed E-state index contributed by atoms with van der Waals surface area (Å²) in [5.41, 5.74) is 3.77. The normalized spacial score (nSPS) is 10.8. The van der Waals surface area contributed by atoms with Crippen molar-refractivity contribution in [3.8, 4) is 0 Å². The smallest absolute Gasteiger partial charge is 0.149 e. The number of anilines is 1. The van der Waals surface area contributed by atoms with Crippen LogP contribution < -0.4 is 11.3 Å². The monoisotopic (exact) mass is 283 g/mol. The van der Waals surface area contributed by atoms with Crippen molar-refractivity contribution in [3.05, 3.63) is 34.1 Å². The van der Waals surface area contributed by atoms with Crippen LogP contribution in [-0.2, 0) is 6.42 Å². The third-order valence-corrected chi connectivity index (χ3v) is 3.17. The molecule has 2 aromatic rings. The van der Waals surface area contributed by atoms with Crippen molar-refractivity contribution < 1.29 is 4.39 Å². The second kappa shape index (κ2) is 4.35. The summed E-state index contributed by atoms with van der Waals surface area (Å²) in [6.45, 7) is 2.00. The molecule has 0 saturated heterocycles. The van der Waals surface area contributed by atoms with E-state index in [2.05, 4.69) is 26.3 Å². The lowest BCUT2D eigenvalue weighted by Crippen LogP contribution is -2.11. The fourth-order valence-electron chi connectivity index (χ4n) is 1.63. The van der Waals surface area contributed by atoms with E-state index in [-0.39, 0.29) is 5.82 Å². The highest BCUT2D eigenvalue weighted by molar-refractivity contribution is 9.10. The van der Waals surface area contributed by atoms with Gasteiger partial charge >= 0.3 is 0 Å². The number of aromatic nitrogens is 1. The Labute approximate surface area is 101 Å². The quantitative estimate of drug-likeness (QED) is 0.658. The molecule has 2 rings (SSSR count). The second-order valence-corrected chi connectivity index (χ2v) is 4.27. The first-order chi connectivity index (χ1) is 7.67. The average molecular weight is 284 g/mol. The summed E-state index contributed by atoms with van der Waals surface area (Å²) in [7, 11) is 0. The highest BCUT2D eigenvalue weighted by atomic mass is 79.9. The minimum atomic E-state index is -0.350. The van der Waals surface area contributed by atoms with Gasteiger partial charge in [0, 0.05) is 9.86 Å². The minimum Gasteiger partial charge on any atom is -0.308 e. The van der Waals surface area contributed by atoms with E-state index in [0.29, 0.717) is 11.3 Å².